The van der Waals surface area contributed by atoms with Crippen molar-refractivity contribution in [3.63, 3.8) is 0 Å². The van der Waals surface area contributed by atoms with Gasteiger partial charge in [0.25, 0.3) is 5.91 Å². The van der Waals surface area contributed by atoms with Gasteiger partial charge >= 0.3 is 6.03 Å². The van der Waals surface area contributed by atoms with Crippen LogP contribution < -0.4 is 10.2 Å². The van der Waals surface area contributed by atoms with E-state index in [1.165, 1.54) is 6.33 Å². The van der Waals surface area contributed by atoms with Crippen molar-refractivity contribution in [1.29, 1.82) is 0 Å². The van der Waals surface area contributed by atoms with E-state index in [0.717, 1.165) is 16.9 Å². The zero-order valence-electron chi connectivity index (χ0n) is 16.3. The number of carbonyl (C=O) groups excluding carboxylic acids is 2. The summed E-state index contributed by atoms with van der Waals surface area (Å²) in [7, 11) is 1.79. The summed E-state index contributed by atoms with van der Waals surface area (Å²) in [5.74, 6) is -0.0738. The van der Waals surface area contributed by atoms with E-state index in [-0.39, 0.29) is 18.0 Å². The molecule has 1 aliphatic heterocycles. The molecule has 8 nitrogen and oxygen atoms in total. The minimum atomic E-state index is -0.107. The van der Waals surface area contributed by atoms with Crippen molar-refractivity contribution in [3.8, 4) is 5.69 Å². The highest BCUT2D eigenvalue weighted by atomic mass is 16.2. The summed E-state index contributed by atoms with van der Waals surface area (Å²) in [6, 6.07) is 14.8. The first-order valence-corrected chi connectivity index (χ1v) is 9.42. The van der Waals surface area contributed by atoms with Gasteiger partial charge in [0.1, 0.15) is 12.7 Å². The highest BCUT2D eigenvalue weighted by Gasteiger charge is 2.22. The van der Waals surface area contributed by atoms with E-state index in [1.54, 1.807) is 40.0 Å². The number of nitrogens with one attached hydrogen (secondary N) is 1. The minimum absolute atomic E-state index is 0.0738. The fourth-order valence-corrected chi connectivity index (χ4v) is 3.35. The van der Waals surface area contributed by atoms with Crippen LogP contribution in [0.3, 0.4) is 0 Å². The predicted molar refractivity (Wildman–Crippen MR) is 109 cm³/mol. The maximum Gasteiger partial charge on any atom is 0.321 e. The average molecular weight is 390 g/mol. The summed E-state index contributed by atoms with van der Waals surface area (Å²) in [6.45, 7) is 3.26. The molecule has 0 aliphatic carbocycles. The van der Waals surface area contributed by atoms with E-state index < -0.39 is 0 Å². The van der Waals surface area contributed by atoms with E-state index in [0.29, 0.717) is 18.7 Å². The smallest absolute Gasteiger partial charge is 0.321 e. The second kappa shape index (κ2) is 7.75. The maximum absolute atomic E-state index is 12.9. The third kappa shape index (κ3) is 3.69. The van der Waals surface area contributed by atoms with Crippen LogP contribution in [0.4, 0.5) is 10.5 Å². The molecule has 1 unspecified atom stereocenters. The van der Waals surface area contributed by atoms with Crippen LogP contribution in [0, 0.1) is 0 Å². The van der Waals surface area contributed by atoms with Crippen LogP contribution in [-0.2, 0) is 0 Å². The minimum Gasteiger partial charge on any atom is -0.336 e. The highest BCUT2D eigenvalue weighted by molar-refractivity contribution is 5.97. The molecule has 4 rings (SSSR count). The van der Waals surface area contributed by atoms with Crippen LogP contribution in [0.5, 0.6) is 0 Å². The molecule has 2 aromatic carbocycles. The van der Waals surface area contributed by atoms with Crippen molar-refractivity contribution in [2.24, 2.45) is 0 Å². The van der Waals surface area contributed by atoms with Gasteiger partial charge in [0, 0.05) is 31.4 Å². The van der Waals surface area contributed by atoms with E-state index >= 15 is 0 Å². The molecule has 148 valence electrons. The van der Waals surface area contributed by atoms with E-state index in [2.05, 4.69) is 15.4 Å². The molecule has 1 atom stereocenters. The molecule has 1 saturated heterocycles. The van der Waals surface area contributed by atoms with Crippen LogP contribution >= 0.6 is 0 Å². The largest absolute Gasteiger partial charge is 0.336 e. The topological polar surface area (TPSA) is 83.4 Å². The Labute approximate surface area is 168 Å². The summed E-state index contributed by atoms with van der Waals surface area (Å²) in [4.78, 5) is 32.0. The molecule has 1 aliphatic rings. The van der Waals surface area contributed by atoms with Crippen LogP contribution in [0.15, 0.2) is 61.2 Å². The number of amides is 3. The summed E-state index contributed by atoms with van der Waals surface area (Å²) in [6.07, 6.45) is 3.13. The van der Waals surface area contributed by atoms with Crippen molar-refractivity contribution >= 4 is 17.6 Å². The lowest BCUT2D eigenvalue weighted by Gasteiger charge is -2.26. The van der Waals surface area contributed by atoms with Gasteiger partial charge in [-0.2, -0.15) is 5.10 Å². The summed E-state index contributed by atoms with van der Waals surface area (Å²) < 4.78 is 1.69. The zero-order chi connectivity index (χ0) is 20.4. The molecule has 3 amide bonds. The number of nitrogens with zero attached hydrogens (tertiary/aromatic N) is 5. The average Bonchev–Trinajstić information content (AvgIpc) is 3.44. The first-order chi connectivity index (χ1) is 14.0. The van der Waals surface area contributed by atoms with Gasteiger partial charge in [0.15, 0.2) is 0 Å². The lowest BCUT2D eigenvalue weighted by molar-refractivity contribution is 0.0742. The zero-order valence-corrected chi connectivity index (χ0v) is 16.3. The molecule has 0 radical (unpaired) electrons. The first kappa shape index (κ1) is 18.7. The van der Waals surface area contributed by atoms with Crippen LogP contribution in [0.2, 0.25) is 0 Å². The quantitative estimate of drug-likeness (QED) is 0.726. The number of hydrogen-bond donors (Lipinski definition) is 1. The molecule has 0 saturated carbocycles. The molecule has 0 spiro atoms. The first-order valence-electron chi connectivity index (χ1n) is 9.42. The van der Waals surface area contributed by atoms with Gasteiger partial charge in [-0.05, 0) is 48.9 Å². The van der Waals surface area contributed by atoms with Crippen LogP contribution in [0.1, 0.15) is 28.9 Å². The number of carbonyl (C=O) groups is 2. The predicted octanol–water partition coefficient (Wildman–Crippen LogP) is 2.63. The fourth-order valence-electron chi connectivity index (χ4n) is 3.35. The molecule has 3 aromatic rings. The molecule has 0 bridgehead atoms. The summed E-state index contributed by atoms with van der Waals surface area (Å²) in [5.41, 5.74) is 3.31. The van der Waals surface area contributed by atoms with Crippen molar-refractivity contribution in [1.82, 2.24) is 25.0 Å². The molecule has 1 N–H and O–H groups in total. The van der Waals surface area contributed by atoms with Crippen molar-refractivity contribution in [3.05, 3.63) is 72.3 Å². The van der Waals surface area contributed by atoms with Gasteiger partial charge < -0.3 is 10.2 Å². The normalized spacial score (nSPS) is 14.6. The van der Waals surface area contributed by atoms with Gasteiger partial charge in [-0.1, -0.05) is 12.1 Å². The molecule has 2 heterocycles. The molecule has 1 aromatic heterocycles. The Bertz CT molecular complexity index is 999. The van der Waals surface area contributed by atoms with Crippen LogP contribution in [0.25, 0.3) is 5.69 Å². The lowest BCUT2D eigenvalue weighted by Crippen LogP contribution is -2.30. The number of anilines is 1. The number of aromatic nitrogens is 3. The van der Waals surface area contributed by atoms with Crippen molar-refractivity contribution in [2.45, 2.75) is 13.0 Å². The molecule has 8 heteroatoms. The second-order valence-corrected chi connectivity index (χ2v) is 6.95. The molecule has 29 heavy (non-hydrogen) atoms. The Morgan fingerprint density at radius 1 is 1.10 bits per heavy atom. The van der Waals surface area contributed by atoms with Crippen molar-refractivity contribution < 1.29 is 9.59 Å². The Morgan fingerprint density at radius 2 is 1.79 bits per heavy atom. The maximum atomic E-state index is 12.9. The third-order valence-electron chi connectivity index (χ3n) is 5.24. The number of urea groups is 1. The summed E-state index contributed by atoms with van der Waals surface area (Å²) >= 11 is 0. The summed E-state index contributed by atoms with van der Waals surface area (Å²) in [5, 5.41) is 6.89. The Morgan fingerprint density at radius 3 is 2.38 bits per heavy atom. The second-order valence-electron chi connectivity index (χ2n) is 6.95. The highest BCUT2D eigenvalue weighted by Crippen LogP contribution is 2.23. The number of benzene rings is 2. The van der Waals surface area contributed by atoms with Gasteiger partial charge in [0.05, 0.1) is 11.7 Å². The monoisotopic (exact) mass is 390 g/mol. The Kier molecular flexibility index (Phi) is 4.99. The number of rotatable bonds is 5. The standard InChI is InChI=1S/C21H22N6O2/c1-15(16-3-9-19(10-4-16)27-14-22-13-24-27)25(2)20(28)17-5-7-18(8-6-17)26-12-11-23-21(26)29/h3-10,13-15H,11-12H2,1-2H3,(H,23,29). The fraction of sp³-hybridized carbons (Fsp3) is 0.238. The molecule has 1 fully saturated rings. The van der Waals surface area contributed by atoms with Gasteiger partial charge in [-0.3, -0.25) is 9.69 Å². The Balaban J connectivity index is 1.46. The van der Waals surface area contributed by atoms with Crippen molar-refractivity contribution in [2.75, 3.05) is 25.0 Å². The van der Waals surface area contributed by atoms with Crippen LogP contribution in [-0.4, -0.2) is 51.7 Å². The van der Waals surface area contributed by atoms with Gasteiger partial charge in [-0.15, -0.1) is 0 Å². The van der Waals surface area contributed by atoms with Gasteiger partial charge in [-0.25, -0.2) is 14.5 Å². The lowest BCUT2D eigenvalue weighted by atomic mass is 10.1. The van der Waals surface area contributed by atoms with E-state index in [4.69, 9.17) is 0 Å². The van der Waals surface area contributed by atoms with E-state index in [9.17, 15) is 9.59 Å². The third-order valence-corrected chi connectivity index (χ3v) is 5.24. The van der Waals surface area contributed by atoms with E-state index in [1.807, 2.05) is 43.3 Å². The Hall–Kier alpha value is -3.68. The van der Waals surface area contributed by atoms with Gasteiger partial charge in [0.2, 0.25) is 0 Å². The SMILES string of the molecule is CC(c1ccc(-n2cncn2)cc1)N(C)C(=O)c1ccc(N2CCNC2=O)cc1. The number of hydrogen-bond acceptors (Lipinski definition) is 4. The molecular weight excluding hydrogens is 368 g/mol. The molecular formula is C21H22N6O2.